The Hall–Kier alpha value is -2.55. The number of hydrogen-bond donors (Lipinski definition) is 1. The quantitative estimate of drug-likeness (QED) is 0.560. The van der Waals surface area contributed by atoms with Gasteiger partial charge < -0.3 is 9.72 Å². The maximum Gasteiger partial charge on any atom is 0.184 e. The molecule has 0 radical (unpaired) electrons. The van der Waals surface area contributed by atoms with Crippen LogP contribution in [0.15, 0.2) is 36.4 Å². The van der Waals surface area contributed by atoms with Gasteiger partial charge in [-0.1, -0.05) is 17.7 Å². The molecule has 2 heterocycles. The molecule has 0 spiro atoms. The van der Waals surface area contributed by atoms with Gasteiger partial charge in [-0.2, -0.15) is 5.26 Å². The van der Waals surface area contributed by atoms with Crippen LogP contribution in [-0.2, 0) is 0 Å². The predicted molar refractivity (Wildman–Crippen MR) is 93.2 cm³/mol. The molecule has 4 rings (SSSR count). The molecule has 0 bridgehead atoms. The highest BCUT2D eigenvalue weighted by molar-refractivity contribution is 7.22. The predicted octanol–water partition coefficient (Wildman–Crippen LogP) is 4.98. The molecule has 0 fully saturated rings. The minimum Gasteiger partial charge on any atom is -0.497 e. The first-order valence-electron chi connectivity index (χ1n) is 6.86. The summed E-state index contributed by atoms with van der Waals surface area (Å²) >= 11 is 7.40. The topological polar surface area (TPSA) is 61.7 Å². The van der Waals surface area contributed by atoms with Gasteiger partial charge in [0.05, 0.1) is 34.1 Å². The molecule has 112 valence electrons. The number of fused-ring (bicyclic) bond motifs is 2. The molecule has 0 aliphatic rings. The van der Waals surface area contributed by atoms with Crippen molar-refractivity contribution < 1.29 is 4.74 Å². The van der Waals surface area contributed by atoms with Crippen molar-refractivity contribution in [2.24, 2.45) is 0 Å². The number of ether oxygens (including phenoxy) is 1. The van der Waals surface area contributed by atoms with Gasteiger partial charge in [-0.05, 0) is 24.3 Å². The monoisotopic (exact) mass is 339 g/mol. The third-order valence-electron chi connectivity index (χ3n) is 3.77. The zero-order valence-electron chi connectivity index (χ0n) is 12.1. The van der Waals surface area contributed by atoms with Gasteiger partial charge >= 0.3 is 0 Å². The second-order valence-electron chi connectivity index (χ2n) is 5.05. The number of benzene rings is 2. The first kappa shape index (κ1) is 14.1. The Kier molecular flexibility index (Phi) is 3.22. The molecule has 2 aromatic carbocycles. The van der Waals surface area contributed by atoms with Gasteiger partial charge in [-0.3, -0.25) is 0 Å². The fraction of sp³-hybridized carbons (Fsp3) is 0.0588. The van der Waals surface area contributed by atoms with E-state index in [4.69, 9.17) is 16.3 Å². The number of aromatic amines is 1. The molecular formula is C17H10ClN3OS. The van der Waals surface area contributed by atoms with Crippen molar-refractivity contribution in [3.05, 3.63) is 46.4 Å². The van der Waals surface area contributed by atoms with Crippen LogP contribution in [0.4, 0.5) is 0 Å². The lowest BCUT2D eigenvalue weighted by Crippen LogP contribution is -1.81. The summed E-state index contributed by atoms with van der Waals surface area (Å²) in [4.78, 5) is 7.57. The summed E-state index contributed by atoms with van der Waals surface area (Å²) in [6.07, 6.45) is 0. The maximum absolute atomic E-state index is 9.58. The highest BCUT2D eigenvalue weighted by Gasteiger charge is 2.14. The van der Waals surface area contributed by atoms with Crippen LogP contribution in [0.5, 0.6) is 5.75 Å². The highest BCUT2D eigenvalue weighted by Crippen LogP contribution is 2.34. The zero-order chi connectivity index (χ0) is 16.0. The highest BCUT2D eigenvalue weighted by atomic mass is 35.5. The van der Waals surface area contributed by atoms with Gasteiger partial charge in [0.25, 0.3) is 0 Å². The van der Waals surface area contributed by atoms with E-state index in [1.807, 2.05) is 36.4 Å². The number of hydrogen-bond acceptors (Lipinski definition) is 4. The first-order chi connectivity index (χ1) is 11.2. The number of nitriles is 1. The summed E-state index contributed by atoms with van der Waals surface area (Å²) in [5, 5.41) is 10.5. The second kappa shape index (κ2) is 5.27. The molecule has 1 N–H and O–H groups in total. The van der Waals surface area contributed by atoms with Crippen LogP contribution in [0.1, 0.15) is 5.56 Å². The maximum atomic E-state index is 9.58. The van der Waals surface area contributed by atoms with E-state index < -0.39 is 0 Å². The van der Waals surface area contributed by atoms with Gasteiger partial charge in [0, 0.05) is 17.0 Å². The van der Waals surface area contributed by atoms with E-state index in [2.05, 4.69) is 16.0 Å². The van der Waals surface area contributed by atoms with Gasteiger partial charge in [0.2, 0.25) is 0 Å². The number of methoxy groups -OCH3 is 1. The van der Waals surface area contributed by atoms with Gasteiger partial charge in [0.15, 0.2) is 4.47 Å². The lowest BCUT2D eigenvalue weighted by atomic mass is 10.1. The van der Waals surface area contributed by atoms with Crippen LogP contribution in [0.25, 0.3) is 32.4 Å². The SMILES string of the molecule is COc1ccc2c(C#N)c(-c3ccc4nc(Cl)sc4c3)[nH]c2c1. The smallest absolute Gasteiger partial charge is 0.184 e. The molecule has 2 aromatic heterocycles. The largest absolute Gasteiger partial charge is 0.497 e. The van der Waals surface area contributed by atoms with E-state index in [0.29, 0.717) is 10.0 Å². The number of nitrogens with one attached hydrogen (secondary N) is 1. The number of nitrogens with zero attached hydrogens (tertiary/aromatic N) is 2. The Balaban J connectivity index is 1.97. The Morgan fingerprint density at radius 3 is 2.91 bits per heavy atom. The number of thiazole rings is 1. The van der Waals surface area contributed by atoms with Crippen molar-refractivity contribution in [3.63, 3.8) is 0 Å². The van der Waals surface area contributed by atoms with Crippen molar-refractivity contribution in [3.8, 4) is 23.1 Å². The standard InChI is InChI=1S/C17H10ClN3OS/c1-22-10-3-4-11-12(8-19)16(20-14(11)7-10)9-2-5-13-15(6-9)23-17(18)21-13/h2-7,20H,1H3. The molecular weight excluding hydrogens is 330 g/mol. The van der Waals surface area contributed by atoms with Crippen molar-refractivity contribution in [1.82, 2.24) is 9.97 Å². The Morgan fingerprint density at radius 1 is 1.26 bits per heavy atom. The molecule has 0 saturated heterocycles. The normalized spacial score (nSPS) is 11.0. The average Bonchev–Trinajstić information content (AvgIpc) is 3.11. The number of H-pyrrole nitrogens is 1. The van der Waals surface area contributed by atoms with E-state index in [1.54, 1.807) is 7.11 Å². The van der Waals surface area contributed by atoms with E-state index in [-0.39, 0.29) is 0 Å². The Morgan fingerprint density at radius 2 is 2.13 bits per heavy atom. The van der Waals surface area contributed by atoms with Crippen LogP contribution in [-0.4, -0.2) is 17.1 Å². The van der Waals surface area contributed by atoms with Crippen molar-refractivity contribution >= 4 is 44.1 Å². The zero-order valence-corrected chi connectivity index (χ0v) is 13.6. The molecule has 4 aromatic rings. The molecule has 0 amide bonds. The fourth-order valence-corrected chi connectivity index (χ4v) is 3.76. The van der Waals surface area contributed by atoms with Crippen LogP contribution in [0.3, 0.4) is 0 Å². The minimum absolute atomic E-state index is 0.513. The van der Waals surface area contributed by atoms with Crippen molar-refractivity contribution in [2.75, 3.05) is 7.11 Å². The molecule has 0 aliphatic heterocycles. The third kappa shape index (κ3) is 2.24. The summed E-state index contributed by atoms with van der Waals surface area (Å²) in [5.41, 5.74) is 4.09. The molecule has 0 atom stereocenters. The number of halogens is 1. The molecule has 4 nitrogen and oxygen atoms in total. The van der Waals surface area contributed by atoms with E-state index in [1.165, 1.54) is 11.3 Å². The van der Waals surface area contributed by atoms with E-state index >= 15 is 0 Å². The van der Waals surface area contributed by atoms with Gasteiger partial charge in [0.1, 0.15) is 11.8 Å². The fourth-order valence-electron chi connectivity index (χ4n) is 2.69. The van der Waals surface area contributed by atoms with Gasteiger partial charge in [-0.15, -0.1) is 11.3 Å². The molecule has 0 aliphatic carbocycles. The third-order valence-corrected chi connectivity index (χ3v) is 4.89. The van der Waals surface area contributed by atoms with Crippen LogP contribution in [0.2, 0.25) is 4.47 Å². The minimum atomic E-state index is 0.513. The molecule has 0 unspecified atom stereocenters. The first-order valence-corrected chi connectivity index (χ1v) is 8.05. The van der Waals surface area contributed by atoms with E-state index in [9.17, 15) is 5.26 Å². The van der Waals surface area contributed by atoms with Gasteiger partial charge in [-0.25, -0.2) is 4.98 Å². The van der Waals surface area contributed by atoms with Crippen LogP contribution in [0, 0.1) is 11.3 Å². The summed E-state index contributed by atoms with van der Waals surface area (Å²) in [6.45, 7) is 0. The van der Waals surface area contributed by atoms with Crippen molar-refractivity contribution in [2.45, 2.75) is 0 Å². The molecule has 6 heteroatoms. The summed E-state index contributed by atoms with van der Waals surface area (Å²) in [5.74, 6) is 0.750. The van der Waals surface area contributed by atoms with Crippen LogP contribution < -0.4 is 4.74 Å². The summed E-state index contributed by atoms with van der Waals surface area (Å²) in [7, 11) is 1.62. The average molecular weight is 340 g/mol. The summed E-state index contributed by atoms with van der Waals surface area (Å²) < 4.78 is 6.75. The van der Waals surface area contributed by atoms with E-state index in [0.717, 1.165) is 38.1 Å². The second-order valence-corrected chi connectivity index (χ2v) is 6.66. The lowest BCUT2D eigenvalue weighted by molar-refractivity contribution is 0.415. The number of rotatable bonds is 2. The van der Waals surface area contributed by atoms with Crippen molar-refractivity contribution in [1.29, 1.82) is 5.26 Å². The Labute approximate surface area is 140 Å². The molecule has 23 heavy (non-hydrogen) atoms. The summed E-state index contributed by atoms with van der Waals surface area (Å²) in [6, 6.07) is 13.8. The molecule has 0 saturated carbocycles. The Bertz CT molecular complexity index is 1090. The van der Waals surface area contributed by atoms with Crippen LogP contribution >= 0.6 is 22.9 Å². The number of aromatic nitrogens is 2. The lowest BCUT2D eigenvalue weighted by Gasteiger charge is -1.99.